The Labute approximate surface area is 185 Å². The van der Waals surface area contributed by atoms with E-state index in [2.05, 4.69) is 0 Å². The molecule has 2 aliphatic heterocycles. The molecule has 170 valence electrons. The summed E-state index contributed by atoms with van der Waals surface area (Å²) in [6.45, 7) is 7.74. The van der Waals surface area contributed by atoms with Gasteiger partial charge in [-0.05, 0) is 61.4 Å². The Bertz CT molecular complexity index is 1060. The molecule has 0 saturated carbocycles. The van der Waals surface area contributed by atoms with Crippen molar-refractivity contribution in [3.8, 4) is 0 Å². The van der Waals surface area contributed by atoms with E-state index in [1.807, 2.05) is 39.8 Å². The molecule has 5 atom stereocenters. The topological polar surface area (TPSA) is 46.5 Å². The van der Waals surface area contributed by atoms with E-state index < -0.39 is 23.8 Å². The highest BCUT2D eigenvalue weighted by Crippen LogP contribution is 2.53. The van der Waals surface area contributed by atoms with Crippen LogP contribution >= 0.6 is 0 Å². The zero-order valence-electron chi connectivity index (χ0n) is 18.5. The number of aldehydes is 1. The first-order valence-electron chi connectivity index (χ1n) is 10.8. The quantitative estimate of drug-likeness (QED) is 0.342. The highest BCUT2D eigenvalue weighted by atomic mass is 19.4. The Hall–Kier alpha value is -2.60. The van der Waals surface area contributed by atoms with E-state index in [9.17, 15) is 23.1 Å². The summed E-state index contributed by atoms with van der Waals surface area (Å²) in [5, 5.41) is 11.3. The van der Waals surface area contributed by atoms with E-state index in [0.717, 1.165) is 22.8 Å². The SMILES string of the molecule is Cc1cc(C)c(/C(C=O)=C(\O)[C@@H]2C3O[C@@H](CC3c3cccc(C(F)(F)F)c3)[C@H]2C)c(C)c1. The van der Waals surface area contributed by atoms with Gasteiger partial charge in [0.25, 0.3) is 0 Å². The molecule has 0 amide bonds. The van der Waals surface area contributed by atoms with Crippen molar-refractivity contribution in [2.45, 2.75) is 58.4 Å². The van der Waals surface area contributed by atoms with Crippen LogP contribution in [0.5, 0.6) is 0 Å². The van der Waals surface area contributed by atoms with E-state index in [4.69, 9.17) is 4.74 Å². The molecular formula is C26H27F3O3. The molecule has 2 saturated heterocycles. The maximum Gasteiger partial charge on any atom is 0.416 e. The Balaban J connectivity index is 1.75. The maximum absolute atomic E-state index is 13.2. The highest BCUT2D eigenvalue weighted by Gasteiger charge is 2.54. The average molecular weight is 444 g/mol. The molecule has 2 aromatic rings. The second kappa shape index (κ2) is 8.07. The van der Waals surface area contributed by atoms with Crippen LogP contribution < -0.4 is 0 Å². The van der Waals surface area contributed by atoms with E-state index >= 15 is 0 Å². The van der Waals surface area contributed by atoms with Crippen LogP contribution in [0.15, 0.2) is 42.2 Å². The number of alkyl halides is 3. The first-order chi connectivity index (χ1) is 15.0. The van der Waals surface area contributed by atoms with Gasteiger partial charge in [-0.3, -0.25) is 4.79 Å². The van der Waals surface area contributed by atoms with Crippen molar-refractivity contribution in [2.75, 3.05) is 0 Å². The van der Waals surface area contributed by atoms with Crippen LogP contribution in [0.1, 0.15) is 52.6 Å². The lowest BCUT2D eigenvalue weighted by Gasteiger charge is -2.32. The van der Waals surface area contributed by atoms with Gasteiger partial charge in [-0.25, -0.2) is 0 Å². The van der Waals surface area contributed by atoms with Crippen LogP contribution in [-0.4, -0.2) is 23.6 Å². The number of hydrogen-bond acceptors (Lipinski definition) is 3. The Morgan fingerprint density at radius 2 is 1.78 bits per heavy atom. The number of ether oxygens (including phenoxy) is 1. The largest absolute Gasteiger partial charge is 0.511 e. The van der Waals surface area contributed by atoms with Gasteiger partial charge < -0.3 is 9.84 Å². The lowest BCUT2D eigenvalue weighted by atomic mass is 9.70. The summed E-state index contributed by atoms with van der Waals surface area (Å²) in [5.74, 6) is -0.831. The summed E-state index contributed by atoms with van der Waals surface area (Å²) in [6.07, 6.45) is -3.82. The van der Waals surface area contributed by atoms with Crippen molar-refractivity contribution in [3.63, 3.8) is 0 Å². The van der Waals surface area contributed by atoms with Gasteiger partial charge in [0.15, 0.2) is 6.29 Å². The first-order valence-corrected chi connectivity index (χ1v) is 10.8. The summed E-state index contributed by atoms with van der Waals surface area (Å²) in [6, 6.07) is 9.25. The monoisotopic (exact) mass is 444 g/mol. The van der Waals surface area contributed by atoms with E-state index in [-0.39, 0.29) is 29.3 Å². The molecule has 0 spiro atoms. The molecule has 2 bridgehead atoms. The molecule has 0 aromatic heterocycles. The molecule has 2 aromatic carbocycles. The highest BCUT2D eigenvalue weighted by molar-refractivity contribution is 6.09. The van der Waals surface area contributed by atoms with Crippen molar-refractivity contribution >= 4 is 11.9 Å². The summed E-state index contributed by atoms with van der Waals surface area (Å²) in [7, 11) is 0. The molecule has 6 heteroatoms. The molecule has 1 N–H and O–H groups in total. The number of carbonyl (C=O) groups is 1. The fourth-order valence-electron chi connectivity index (χ4n) is 5.65. The number of benzene rings is 2. The van der Waals surface area contributed by atoms with Crippen molar-refractivity contribution in [1.82, 2.24) is 0 Å². The second-order valence-electron chi connectivity index (χ2n) is 9.18. The zero-order valence-corrected chi connectivity index (χ0v) is 18.5. The fourth-order valence-corrected chi connectivity index (χ4v) is 5.65. The number of aryl methyl sites for hydroxylation is 3. The van der Waals surface area contributed by atoms with E-state index in [0.29, 0.717) is 23.8 Å². The molecule has 2 unspecified atom stereocenters. The summed E-state index contributed by atoms with van der Waals surface area (Å²) >= 11 is 0. The maximum atomic E-state index is 13.2. The second-order valence-corrected chi connectivity index (χ2v) is 9.18. The van der Waals surface area contributed by atoms with Gasteiger partial charge in [0.05, 0.1) is 23.3 Å². The third-order valence-corrected chi connectivity index (χ3v) is 7.02. The van der Waals surface area contributed by atoms with Gasteiger partial charge in [0.2, 0.25) is 0 Å². The van der Waals surface area contributed by atoms with Gasteiger partial charge in [-0.15, -0.1) is 0 Å². The minimum absolute atomic E-state index is 0.0354. The molecule has 4 rings (SSSR count). The van der Waals surface area contributed by atoms with Crippen LogP contribution in [0.4, 0.5) is 13.2 Å². The standard InChI is InChI=1S/C26H27F3O3/c1-13-8-14(2)22(15(3)9-13)20(12-30)24(31)23-16(4)21-11-19(25(23)32-21)17-6-5-7-18(10-17)26(27,28)29/h5-10,12,16,19,21,23,25,31H,11H2,1-4H3/b24-20-/t16-,19?,21+,23-,25?/m1/s1. The Kier molecular flexibility index (Phi) is 5.70. The molecule has 0 aliphatic carbocycles. The van der Waals surface area contributed by atoms with E-state index in [1.165, 1.54) is 12.1 Å². The summed E-state index contributed by atoms with van der Waals surface area (Å²) in [4.78, 5) is 12.1. The minimum atomic E-state index is -4.42. The zero-order chi connectivity index (χ0) is 23.4. The molecule has 32 heavy (non-hydrogen) atoms. The molecular weight excluding hydrogens is 417 g/mol. The van der Waals surface area contributed by atoms with Crippen LogP contribution in [0.2, 0.25) is 0 Å². The fraction of sp³-hybridized carbons (Fsp3) is 0.423. The molecule has 2 aliphatic rings. The third-order valence-electron chi connectivity index (χ3n) is 7.02. The van der Waals surface area contributed by atoms with Gasteiger partial charge in [0, 0.05) is 11.8 Å². The van der Waals surface area contributed by atoms with Crippen LogP contribution in [0.25, 0.3) is 5.57 Å². The lowest BCUT2D eigenvalue weighted by Crippen LogP contribution is -2.32. The smallest absolute Gasteiger partial charge is 0.416 e. The molecule has 2 fully saturated rings. The Morgan fingerprint density at radius 3 is 2.34 bits per heavy atom. The van der Waals surface area contributed by atoms with Crippen molar-refractivity contribution in [2.24, 2.45) is 11.8 Å². The number of aliphatic hydroxyl groups excluding tert-OH is 1. The number of carbonyl (C=O) groups excluding carboxylic acids is 1. The van der Waals surface area contributed by atoms with Crippen LogP contribution in [0, 0.1) is 32.6 Å². The Morgan fingerprint density at radius 1 is 1.12 bits per heavy atom. The number of fused-ring (bicyclic) bond motifs is 2. The normalized spacial score (nSPS) is 28.0. The number of hydrogen-bond donors (Lipinski definition) is 1. The number of halogens is 3. The predicted octanol–water partition coefficient (Wildman–Crippen LogP) is 6.31. The van der Waals surface area contributed by atoms with Crippen molar-refractivity contribution in [1.29, 1.82) is 0 Å². The predicted molar refractivity (Wildman–Crippen MR) is 116 cm³/mol. The minimum Gasteiger partial charge on any atom is -0.511 e. The van der Waals surface area contributed by atoms with Crippen LogP contribution in [0.3, 0.4) is 0 Å². The first kappa shape index (κ1) is 22.6. The van der Waals surface area contributed by atoms with Gasteiger partial charge >= 0.3 is 6.18 Å². The number of allylic oxidation sites excluding steroid dienone is 1. The van der Waals surface area contributed by atoms with Crippen molar-refractivity contribution in [3.05, 3.63) is 75.5 Å². The lowest BCUT2D eigenvalue weighted by molar-refractivity contribution is -0.137. The molecule has 3 nitrogen and oxygen atoms in total. The van der Waals surface area contributed by atoms with Crippen molar-refractivity contribution < 1.29 is 27.8 Å². The third kappa shape index (κ3) is 3.75. The van der Waals surface area contributed by atoms with Gasteiger partial charge in [-0.2, -0.15) is 13.2 Å². The number of aliphatic hydroxyl groups is 1. The van der Waals surface area contributed by atoms with Crippen LogP contribution in [-0.2, 0) is 15.7 Å². The average Bonchev–Trinajstić information content (AvgIpc) is 3.28. The van der Waals surface area contributed by atoms with Gasteiger partial charge in [-0.1, -0.05) is 42.8 Å². The molecule has 2 heterocycles. The van der Waals surface area contributed by atoms with E-state index in [1.54, 1.807) is 6.07 Å². The molecule has 0 radical (unpaired) electrons. The summed E-state index contributed by atoms with van der Waals surface area (Å²) < 4.78 is 45.8. The number of rotatable bonds is 4. The van der Waals surface area contributed by atoms with Gasteiger partial charge in [0.1, 0.15) is 5.76 Å². The summed E-state index contributed by atoms with van der Waals surface area (Å²) in [5.41, 5.74) is 3.64.